The Kier molecular flexibility index (Phi) is 5.49. The average molecular weight is 407 g/mol. The van der Waals surface area contributed by atoms with Gasteiger partial charge in [-0.05, 0) is 48.5 Å². The van der Waals surface area contributed by atoms with E-state index in [2.05, 4.69) is 0 Å². The van der Waals surface area contributed by atoms with Crippen molar-refractivity contribution in [1.82, 2.24) is 0 Å². The molecule has 0 spiro atoms. The fraction of sp³-hybridized carbons (Fsp3) is 0.0476. The number of nitrogens with zero attached hydrogens (tertiary/aromatic N) is 3. The fourth-order valence-corrected chi connectivity index (χ4v) is 3.86. The minimum Gasteiger partial charge on any atom is -0.455 e. The molecule has 0 radical (unpaired) electrons. The summed E-state index contributed by atoms with van der Waals surface area (Å²) in [5, 5.41) is 18.4. The van der Waals surface area contributed by atoms with Gasteiger partial charge in [0.25, 0.3) is 10.0 Å². The minimum atomic E-state index is -4.08. The maximum atomic E-state index is 13.9. The van der Waals surface area contributed by atoms with Crippen molar-refractivity contribution in [2.24, 2.45) is 0 Å². The molecule has 3 rings (SSSR count). The lowest BCUT2D eigenvalue weighted by atomic mass is 10.1. The van der Waals surface area contributed by atoms with E-state index in [1.54, 1.807) is 6.07 Å². The first-order valence-electron chi connectivity index (χ1n) is 8.33. The van der Waals surface area contributed by atoms with Gasteiger partial charge >= 0.3 is 0 Å². The van der Waals surface area contributed by atoms with Crippen molar-refractivity contribution >= 4 is 15.7 Å². The Balaban J connectivity index is 1.90. The first-order valence-corrected chi connectivity index (χ1v) is 9.77. The summed E-state index contributed by atoms with van der Waals surface area (Å²) in [7, 11) is -2.77. The number of hydrogen-bond acceptors (Lipinski definition) is 5. The Labute approximate surface area is 167 Å². The number of halogens is 1. The van der Waals surface area contributed by atoms with Crippen LogP contribution in [-0.2, 0) is 10.0 Å². The zero-order chi connectivity index (χ0) is 21.0. The standard InChI is InChI=1S/C21H14FN3O3S/c1-25(29(26,27)20-8-3-2-7-19(20)22)17-9-11-18(12-10-17)28-21-15(13-23)5-4-6-16(21)14-24/h2-12H,1H3. The molecule has 8 heteroatoms. The quantitative estimate of drug-likeness (QED) is 0.632. The van der Waals surface area contributed by atoms with Crippen LogP contribution in [0.5, 0.6) is 11.5 Å². The lowest BCUT2D eigenvalue weighted by Gasteiger charge is -2.20. The average Bonchev–Trinajstić information content (AvgIpc) is 2.74. The van der Waals surface area contributed by atoms with E-state index in [4.69, 9.17) is 4.74 Å². The molecule has 3 aromatic carbocycles. The normalized spacial score (nSPS) is 10.6. The van der Waals surface area contributed by atoms with Crippen molar-refractivity contribution < 1.29 is 17.5 Å². The molecular weight excluding hydrogens is 393 g/mol. The minimum absolute atomic E-state index is 0.123. The van der Waals surface area contributed by atoms with Crippen LogP contribution in [0.15, 0.2) is 71.6 Å². The Bertz CT molecular complexity index is 1210. The highest BCUT2D eigenvalue weighted by Gasteiger charge is 2.24. The predicted octanol–water partition coefficient (Wildman–Crippen LogP) is 4.19. The number of sulfonamides is 1. The molecule has 0 heterocycles. The van der Waals surface area contributed by atoms with Crippen LogP contribution in [-0.4, -0.2) is 15.5 Å². The molecule has 0 amide bonds. The highest BCUT2D eigenvalue weighted by atomic mass is 32.2. The predicted molar refractivity (Wildman–Crippen MR) is 104 cm³/mol. The van der Waals surface area contributed by atoms with Gasteiger partial charge in [0.2, 0.25) is 0 Å². The molecule has 0 saturated carbocycles. The molecule has 0 fully saturated rings. The van der Waals surface area contributed by atoms with E-state index in [-0.39, 0.29) is 22.6 Å². The molecule has 0 N–H and O–H groups in total. The van der Waals surface area contributed by atoms with Crippen LogP contribution in [0.3, 0.4) is 0 Å². The molecule has 144 valence electrons. The van der Waals surface area contributed by atoms with E-state index in [0.29, 0.717) is 5.75 Å². The molecule has 3 aromatic rings. The number of benzene rings is 3. The number of para-hydroxylation sites is 1. The number of nitriles is 2. The molecular formula is C21H14FN3O3S. The summed E-state index contributed by atoms with van der Waals surface area (Å²) in [4.78, 5) is -0.426. The van der Waals surface area contributed by atoms with Gasteiger partial charge in [-0.1, -0.05) is 18.2 Å². The highest BCUT2D eigenvalue weighted by Crippen LogP contribution is 2.31. The van der Waals surface area contributed by atoms with Gasteiger partial charge in [0.1, 0.15) is 28.6 Å². The largest absolute Gasteiger partial charge is 0.455 e. The van der Waals surface area contributed by atoms with Crippen LogP contribution in [0.1, 0.15) is 11.1 Å². The van der Waals surface area contributed by atoms with Crippen LogP contribution in [0.2, 0.25) is 0 Å². The summed E-state index contributed by atoms with van der Waals surface area (Å²) in [5.41, 5.74) is 0.689. The zero-order valence-corrected chi connectivity index (χ0v) is 16.0. The van der Waals surface area contributed by atoms with E-state index < -0.39 is 20.7 Å². The van der Waals surface area contributed by atoms with Crippen molar-refractivity contribution in [3.63, 3.8) is 0 Å². The first-order chi connectivity index (χ1) is 13.9. The van der Waals surface area contributed by atoms with Gasteiger partial charge < -0.3 is 4.74 Å². The van der Waals surface area contributed by atoms with Crippen molar-refractivity contribution in [2.75, 3.05) is 11.4 Å². The van der Waals surface area contributed by atoms with E-state index in [1.807, 2.05) is 12.1 Å². The smallest absolute Gasteiger partial charge is 0.266 e. The molecule has 0 unspecified atom stereocenters. The van der Waals surface area contributed by atoms with E-state index in [1.165, 1.54) is 61.6 Å². The van der Waals surface area contributed by atoms with Gasteiger partial charge in [0, 0.05) is 7.05 Å². The summed E-state index contributed by atoms with van der Waals surface area (Å²) in [6.45, 7) is 0. The summed E-state index contributed by atoms with van der Waals surface area (Å²) in [6, 6.07) is 19.7. The number of ether oxygens (including phenoxy) is 1. The SMILES string of the molecule is CN(c1ccc(Oc2c(C#N)cccc2C#N)cc1)S(=O)(=O)c1ccccc1F. The number of hydrogen-bond donors (Lipinski definition) is 0. The molecule has 0 bridgehead atoms. The maximum absolute atomic E-state index is 13.9. The van der Waals surface area contributed by atoms with Crippen molar-refractivity contribution in [3.8, 4) is 23.6 Å². The van der Waals surface area contributed by atoms with E-state index in [0.717, 1.165) is 10.4 Å². The van der Waals surface area contributed by atoms with Gasteiger partial charge in [-0.2, -0.15) is 10.5 Å². The van der Waals surface area contributed by atoms with Crippen LogP contribution in [0.25, 0.3) is 0 Å². The second-order valence-electron chi connectivity index (χ2n) is 5.90. The molecule has 29 heavy (non-hydrogen) atoms. The molecule has 0 aliphatic carbocycles. The van der Waals surface area contributed by atoms with Gasteiger partial charge in [0.15, 0.2) is 5.75 Å². The van der Waals surface area contributed by atoms with Crippen LogP contribution in [0, 0.1) is 28.5 Å². The molecule has 0 aromatic heterocycles. The van der Waals surface area contributed by atoms with Gasteiger partial charge in [0.05, 0.1) is 16.8 Å². The molecule has 0 aliphatic heterocycles. The Morgan fingerprint density at radius 1 is 0.897 bits per heavy atom. The summed E-state index contributed by atoms with van der Waals surface area (Å²) < 4.78 is 45.9. The molecule has 0 atom stereocenters. The topological polar surface area (TPSA) is 94.2 Å². The maximum Gasteiger partial charge on any atom is 0.266 e. The zero-order valence-electron chi connectivity index (χ0n) is 15.2. The van der Waals surface area contributed by atoms with E-state index in [9.17, 15) is 23.3 Å². The molecule has 0 aliphatic rings. The number of rotatable bonds is 5. The number of anilines is 1. The van der Waals surface area contributed by atoms with Crippen LogP contribution < -0.4 is 9.04 Å². The Hall–Kier alpha value is -3.88. The van der Waals surface area contributed by atoms with Crippen LogP contribution in [0.4, 0.5) is 10.1 Å². The van der Waals surface area contributed by atoms with Crippen LogP contribution >= 0.6 is 0 Å². The lowest BCUT2D eigenvalue weighted by Crippen LogP contribution is -2.27. The summed E-state index contributed by atoms with van der Waals surface area (Å²) >= 11 is 0. The van der Waals surface area contributed by atoms with Crippen molar-refractivity contribution in [2.45, 2.75) is 4.90 Å². The van der Waals surface area contributed by atoms with Gasteiger partial charge in [-0.3, -0.25) is 4.31 Å². The Morgan fingerprint density at radius 3 is 2.03 bits per heavy atom. The third kappa shape index (κ3) is 3.88. The van der Waals surface area contributed by atoms with Gasteiger partial charge in [-0.15, -0.1) is 0 Å². The fourth-order valence-electron chi connectivity index (χ4n) is 2.61. The third-order valence-electron chi connectivity index (χ3n) is 4.15. The lowest BCUT2D eigenvalue weighted by molar-refractivity contribution is 0.479. The van der Waals surface area contributed by atoms with Gasteiger partial charge in [-0.25, -0.2) is 12.8 Å². The monoisotopic (exact) mass is 407 g/mol. The molecule has 6 nitrogen and oxygen atoms in total. The Morgan fingerprint density at radius 2 is 1.48 bits per heavy atom. The van der Waals surface area contributed by atoms with Crippen molar-refractivity contribution in [1.29, 1.82) is 10.5 Å². The second kappa shape index (κ2) is 8.01. The summed E-state index contributed by atoms with van der Waals surface area (Å²) in [5.74, 6) is -0.404. The summed E-state index contributed by atoms with van der Waals surface area (Å²) in [6.07, 6.45) is 0. The van der Waals surface area contributed by atoms with E-state index >= 15 is 0 Å². The van der Waals surface area contributed by atoms with Crippen molar-refractivity contribution in [3.05, 3.63) is 83.7 Å². The second-order valence-corrected chi connectivity index (χ2v) is 7.84. The molecule has 0 saturated heterocycles. The first kappa shape index (κ1) is 19.9. The highest BCUT2D eigenvalue weighted by molar-refractivity contribution is 7.92. The third-order valence-corrected chi connectivity index (χ3v) is 5.97.